The van der Waals surface area contributed by atoms with Gasteiger partial charge in [0.25, 0.3) is 0 Å². The lowest BCUT2D eigenvalue weighted by molar-refractivity contribution is -0.0260. The molecule has 20 heavy (non-hydrogen) atoms. The molecule has 0 aliphatic heterocycles. The second-order valence-electron chi connectivity index (χ2n) is 6.51. The Hall–Kier alpha value is -1.08. The van der Waals surface area contributed by atoms with Gasteiger partial charge in [0.05, 0.1) is 12.7 Å². The van der Waals surface area contributed by atoms with Crippen molar-refractivity contribution in [2.75, 3.05) is 6.61 Å². The van der Waals surface area contributed by atoms with E-state index in [0.29, 0.717) is 6.10 Å². The van der Waals surface area contributed by atoms with Crippen LogP contribution in [0.5, 0.6) is 0 Å². The van der Waals surface area contributed by atoms with Crippen molar-refractivity contribution in [2.24, 2.45) is 17.8 Å². The number of ether oxygens (including phenoxy) is 1. The van der Waals surface area contributed by atoms with Crippen LogP contribution in [-0.2, 0) is 4.74 Å². The van der Waals surface area contributed by atoms with E-state index in [2.05, 4.69) is 57.2 Å². The van der Waals surface area contributed by atoms with Crippen LogP contribution in [0.25, 0.3) is 6.08 Å². The molecule has 0 amide bonds. The van der Waals surface area contributed by atoms with Crippen LogP contribution in [0.1, 0.15) is 45.6 Å². The van der Waals surface area contributed by atoms with E-state index in [1.807, 2.05) is 6.07 Å². The molecule has 0 spiro atoms. The molecular formula is C19H28O. The van der Waals surface area contributed by atoms with Crippen LogP contribution in [0.4, 0.5) is 0 Å². The molecule has 3 atom stereocenters. The lowest BCUT2D eigenvalue weighted by Crippen LogP contribution is -2.34. The maximum absolute atomic E-state index is 6.16. The predicted molar refractivity (Wildman–Crippen MR) is 86.6 cm³/mol. The van der Waals surface area contributed by atoms with Crippen molar-refractivity contribution in [3.05, 3.63) is 42.0 Å². The Bertz CT molecular complexity index is 407. The molecule has 2 rings (SSSR count). The first kappa shape index (κ1) is 15.3. The fourth-order valence-electron chi connectivity index (χ4n) is 3.23. The quantitative estimate of drug-likeness (QED) is 0.718. The zero-order chi connectivity index (χ0) is 14.4. The summed E-state index contributed by atoms with van der Waals surface area (Å²) in [5.74, 6) is 2.27. The van der Waals surface area contributed by atoms with E-state index in [-0.39, 0.29) is 0 Å². The van der Waals surface area contributed by atoms with Crippen molar-refractivity contribution in [2.45, 2.75) is 46.1 Å². The molecule has 0 heterocycles. The molecule has 0 bridgehead atoms. The van der Waals surface area contributed by atoms with E-state index >= 15 is 0 Å². The van der Waals surface area contributed by atoms with Crippen molar-refractivity contribution in [1.82, 2.24) is 0 Å². The summed E-state index contributed by atoms with van der Waals surface area (Å²) in [5.41, 5.74) is 1.24. The second-order valence-corrected chi connectivity index (χ2v) is 6.51. The van der Waals surface area contributed by atoms with Gasteiger partial charge in [-0.2, -0.15) is 0 Å². The first-order chi connectivity index (χ1) is 9.66. The van der Waals surface area contributed by atoms with Gasteiger partial charge < -0.3 is 4.74 Å². The van der Waals surface area contributed by atoms with Crippen molar-refractivity contribution in [1.29, 1.82) is 0 Å². The van der Waals surface area contributed by atoms with Crippen molar-refractivity contribution < 1.29 is 4.74 Å². The maximum Gasteiger partial charge on any atom is 0.0654 e. The molecule has 1 aliphatic carbocycles. The predicted octanol–water partition coefficient (Wildman–Crippen LogP) is 5.18. The summed E-state index contributed by atoms with van der Waals surface area (Å²) in [6.45, 7) is 7.75. The Morgan fingerprint density at radius 1 is 1.20 bits per heavy atom. The van der Waals surface area contributed by atoms with Gasteiger partial charge in [0.1, 0.15) is 0 Å². The molecule has 110 valence electrons. The third-order valence-electron chi connectivity index (χ3n) is 4.48. The number of hydrogen-bond donors (Lipinski definition) is 0. The Morgan fingerprint density at radius 2 is 1.95 bits per heavy atom. The molecule has 1 heteroatoms. The average Bonchev–Trinajstić information content (AvgIpc) is 2.44. The first-order valence-corrected chi connectivity index (χ1v) is 8.00. The van der Waals surface area contributed by atoms with E-state index in [4.69, 9.17) is 4.74 Å². The van der Waals surface area contributed by atoms with Gasteiger partial charge in [-0.1, -0.05) is 69.7 Å². The summed E-state index contributed by atoms with van der Waals surface area (Å²) in [6, 6.07) is 10.4. The summed E-state index contributed by atoms with van der Waals surface area (Å²) < 4.78 is 6.16. The van der Waals surface area contributed by atoms with E-state index in [0.717, 1.165) is 24.4 Å². The smallest absolute Gasteiger partial charge is 0.0654 e. The minimum absolute atomic E-state index is 0.444. The molecule has 1 nitrogen and oxygen atoms in total. The van der Waals surface area contributed by atoms with E-state index in [1.165, 1.54) is 24.8 Å². The van der Waals surface area contributed by atoms with Crippen LogP contribution >= 0.6 is 0 Å². The molecule has 1 saturated carbocycles. The van der Waals surface area contributed by atoms with Gasteiger partial charge in [0.15, 0.2) is 0 Å². The summed E-state index contributed by atoms with van der Waals surface area (Å²) in [6.07, 6.45) is 8.65. The van der Waals surface area contributed by atoms with Gasteiger partial charge in [-0.3, -0.25) is 0 Å². The summed E-state index contributed by atoms with van der Waals surface area (Å²) in [5, 5.41) is 0. The Balaban J connectivity index is 1.83. The fourth-order valence-corrected chi connectivity index (χ4v) is 3.23. The van der Waals surface area contributed by atoms with E-state index < -0.39 is 0 Å². The van der Waals surface area contributed by atoms with Crippen molar-refractivity contribution >= 4 is 6.08 Å². The largest absolute Gasteiger partial charge is 0.374 e. The van der Waals surface area contributed by atoms with Gasteiger partial charge in [-0.05, 0) is 36.2 Å². The molecule has 0 aromatic heterocycles. The Morgan fingerprint density at radius 3 is 2.65 bits per heavy atom. The third-order valence-corrected chi connectivity index (χ3v) is 4.48. The Kier molecular flexibility index (Phi) is 5.85. The van der Waals surface area contributed by atoms with Crippen molar-refractivity contribution in [3.63, 3.8) is 0 Å². The number of rotatable bonds is 5. The zero-order valence-electron chi connectivity index (χ0n) is 13.1. The van der Waals surface area contributed by atoms with Gasteiger partial charge in [-0.25, -0.2) is 0 Å². The molecule has 1 aromatic rings. The van der Waals surface area contributed by atoms with Gasteiger partial charge >= 0.3 is 0 Å². The molecule has 0 saturated heterocycles. The first-order valence-electron chi connectivity index (χ1n) is 8.00. The topological polar surface area (TPSA) is 9.23 Å². The molecule has 0 N–H and O–H groups in total. The average molecular weight is 272 g/mol. The molecule has 1 fully saturated rings. The lowest BCUT2D eigenvalue weighted by atomic mass is 9.75. The summed E-state index contributed by atoms with van der Waals surface area (Å²) in [7, 11) is 0. The van der Waals surface area contributed by atoms with Crippen LogP contribution in [0.15, 0.2) is 36.4 Å². The molecule has 0 radical (unpaired) electrons. The second kappa shape index (κ2) is 7.64. The number of benzene rings is 1. The molecule has 1 aromatic carbocycles. The standard InChI is InChI=1S/C19H28O/c1-15(2)18-12-11-16(3)14-19(18)20-13-7-10-17-8-5-4-6-9-17/h4-10,15-16,18-19H,11-14H2,1-3H3/b10-7+/t16-,18+,19-/m1/s1. The molecular weight excluding hydrogens is 244 g/mol. The highest BCUT2D eigenvalue weighted by Crippen LogP contribution is 2.35. The van der Waals surface area contributed by atoms with Crippen LogP contribution in [-0.4, -0.2) is 12.7 Å². The highest BCUT2D eigenvalue weighted by molar-refractivity contribution is 5.48. The minimum Gasteiger partial charge on any atom is -0.374 e. The van der Waals surface area contributed by atoms with Crippen LogP contribution < -0.4 is 0 Å². The van der Waals surface area contributed by atoms with Crippen molar-refractivity contribution in [3.8, 4) is 0 Å². The van der Waals surface area contributed by atoms with Gasteiger partial charge in [0.2, 0.25) is 0 Å². The van der Waals surface area contributed by atoms with Gasteiger partial charge in [-0.15, -0.1) is 0 Å². The highest BCUT2D eigenvalue weighted by atomic mass is 16.5. The molecule has 1 aliphatic rings. The maximum atomic E-state index is 6.16. The summed E-state index contributed by atoms with van der Waals surface area (Å²) in [4.78, 5) is 0. The van der Waals surface area contributed by atoms with E-state index in [9.17, 15) is 0 Å². The van der Waals surface area contributed by atoms with Crippen LogP contribution in [0, 0.1) is 17.8 Å². The van der Waals surface area contributed by atoms with Gasteiger partial charge in [0, 0.05) is 0 Å². The summed E-state index contributed by atoms with van der Waals surface area (Å²) >= 11 is 0. The monoisotopic (exact) mass is 272 g/mol. The minimum atomic E-state index is 0.444. The number of hydrogen-bond acceptors (Lipinski definition) is 1. The Labute approximate surface area is 124 Å². The van der Waals surface area contributed by atoms with Crippen LogP contribution in [0.2, 0.25) is 0 Å². The zero-order valence-corrected chi connectivity index (χ0v) is 13.1. The highest BCUT2D eigenvalue weighted by Gasteiger charge is 2.30. The fraction of sp³-hybridized carbons (Fsp3) is 0.579. The molecule has 0 unspecified atom stereocenters. The lowest BCUT2D eigenvalue weighted by Gasteiger charge is -2.37. The normalized spacial score (nSPS) is 27.3. The third kappa shape index (κ3) is 4.49. The van der Waals surface area contributed by atoms with E-state index in [1.54, 1.807) is 0 Å². The SMILES string of the molecule is CC(C)[C@@H]1CC[C@@H](C)C[C@H]1OC/C=C/c1ccccc1. The van der Waals surface area contributed by atoms with Crippen LogP contribution in [0.3, 0.4) is 0 Å².